The summed E-state index contributed by atoms with van der Waals surface area (Å²) in [4.78, 5) is 11.9. The van der Waals surface area contributed by atoms with Crippen molar-refractivity contribution in [3.8, 4) is 17.6 Å². The number of methoxy groups -OCH3 is 1. The molecule has 0 heterocycles. The van der Waals surface area contributed by atoms with Crippen LogP contribution >= 0.6 is 0 Å². The Balaban J connectivity index is 2.11. The average molecular weight is 271 g/mol. The Morgan fingerprint density at radius 1 is 1.45 bits per heavy atom. The number of hydrogen-bond donors (Lipinski definition) is 0. The molecule has 20 heavy (non-hydrogen) atoms. The second kappa shape index (κ2) is 5.79. The summed E-state index contributed by atoms with van der Waals surface area (Å²) in [6.45, 7) is 1.96. The van der Waals surface area contributed by atoms with Gasteiger partial charge in [-0.3, -0.25) is 4.79 Å². The molecular weight excluding hydrogens is 254 g/mol. The minimum absolute atomic E-state index is 0.0254. The fraction of sp³-hybridized carbons (Fsp3) is 0.375. The molecule has 1 aliphatic rings. The third-order valence-corrected chi connectivity index (χ3v) is 3.50. The second-order valence-electron chi connectivity index (χ2n) is 5.12. The quantitative estimate of drug-likeness (QED) is 0.746. The first-order chi connectivity index (χ1) is 9.59. The molecule has 104 valence electrons. The number of allylic oxidation sites excluding steroid dienone is 1. The van der Waals surface area contributed by atoms with Crippen molar-refractivity contribution < 1.29 is 14.3 Å². The van der Waals surface area contributed by atoms with Gasteiger partial charge in [0.15, 0.2) is 23.9 Å². The monoisotopic (exact) mass is 271 g/mol. The third kappa shape index (κ3) is 3.18. The first kappa shape index (κ1) is 14.1. The number of nitrogens with zero attached hydrogens (tertiary/aromatic N) is 1. The molecule has 0 saturated heterocycles. The van der Waals surface area contributed by atoms with Crippen molar-refractivity contribution in [2.24, 2.45) is 5.41 Å². The van der Waals surface area contributed by atoms with Crippen molar-refractivity contribution in [1.29, 1.82) is 5.26 Å². The molecule has 1 fully saturated rings. The SMILES string of the molecule is COc1cc(/C=C/C(=O)C2(C)CC2)ccc1OCC#N. The highest BCUT2D eigenvalue weighted by Crippen LogP contribution is 2.46. The summed E-state index contributed by atoms with van der Waals surface area (Å²) in [6, 6.07) is 7.26. The molecule has 0 aliphatic heterocycles. The lowest BCUT2D eigenvalue weighted by Gasteiger charge is -2.09. The topological polar surface area (TPSA) is 59.3 Å². The van der Waals surface area contributed by atoms with Gasteiger partial charge in [-0.15, -0.1) is 0 Å². The van der Waals surface area contributed by atoms with E-state index in [1.165, 1.54) is 0 Å². The molecule has 2 rings (SSSR count). The molecule has 0 unspecified atom stereocenters. The number of carbonyl (C=O) groups is 1. The summed E-state index contributed by atoms with van der Waals surface area (Å²) in [7, 11) is 1.54. The number of ketones is 1. The van der Waals surface area contributed by atoms with Crippen molar-refractivity contribution in [3.63, 3.8) is 0 Å². The van der Waals surface area contributed by atoms with E-state index >= 15 is 0 Å². The van der Waals surface area contributed by atoms with Crippen LogP contribution in [0.5, 0.6) is 11.5 Å². The zero-order chi connectivity index (χ0) is 14.6. The van der Waals surface area contributed by atoms with Gasteiger partial charge < -0.3 is 9.47 Å². The normalized spacial score (nSPS) is 15.7. The van der Waals surface area contributed by atoms with Crippen LogP contribution in [0.3, 0.4) is 0 Å². The van der Waals surface area contributed by atoms with Gasteiger partial charge in [0.2, 0.25) is 0 Å². The minimum Gasteiger partial charge on any atom is -0.493 e. The highest BCUT2D eigenvalue weighted by Gasteiger charge is 2.42. The molecule has 0 bridgehead atoms. The van der Waals surface area contributed by atoms with Crippen molar-refractivity contribution in [2.75, 3.05) is 13.7 Å². The van der Waals surface area contributed by atoms with E-state index in [2.05, 4.69) is 0 Å². The summed E-state index contributed by atoms with van der Waals surface area (Å²) in [5.74, 6) is 1.24. The first-order valence-electron chi connectivity index (χ1n) is 6.49. The lowest BCUT2D eigenvalue weighted by molar-refractivity contribution is -0.118. The number of rotatable bonds is 6. The smallest absolute Gasteiger partial charge is 0.174 e. The number of hydrogen-bond acceptors (Lipinski definition) is 4. The Hall–Kier alpha value is -2.28. The molecule has 4 heteroatoms. The van der Waals surface area contributed by atoms with Gasteiger partial charge in [0, 0.05) is 5.41 Å². The van der Waals surface area contributed by atoms with E-state index in [-0.39, 0.29) is 17.8 Å². The van der Waals surface area contributed by atoms with Crippen LogP contribution in [0, 0.1) is 16.7 Å². The molecule has 0 N–H and O–H groups in total. The molecule has 0 amide bonds. The Morgan fingerprint density at radius 2 is 2.20 bits per heavy atom. The van der Waals surface area contributed by atoms with Gasteiger partial charge in [-0.25, -0.2) is 0 Å². The van der Waals surface area contributed by atoms with Gasteiger partial charge in [0.05, 0.1) is 7.11 Å². The Labute approximate surface area is 118 Å². The van der Waals surface area contributed by atoms with Crippen LogP contribution in [0.25, 0.3) is 6.08 Å². The lowest BCUT2D eigenvalue weighted by Crippen LogP contribution is -2.07. The van der Waals surface area contributed by atoms with E-state index < -0.39 is 0 Å². The summed E-state index contributed by atoms with van der Waals surface area (Å²) in [5.41, 5.74) is 0.722. The van der Waals surface area contributed by atoms with Crippen LogP contribution < -0.4 is 9.47 Å². The van der Waals surface area contributed by atoms with Crippen LogP contribution in [-0.4, -0.2) is 19.5 Å². The van der Waals surface area contributed by atoms with Gasteiger partial charge in [0.25, 0.3) is 0 Å². The molecule has 1 aromatic rings. The van der Waals surface area contributed by atoms with Crippen molar-refractivity contribution in [3.05, 3.63) is 29.8 Å². The molecule has 0 aromatic heterocycles. The summed E-state index contributed by atoms with van der Waals surface area (Å²) >= 11 is 0. The van der Waals surface area contributed by atoms with E-state index in [1.54, 1.807) is 31.4 Å². The fourth-order valence-electron chi connectivity index (χ4n) is 1.82. The Bertz CT molecular complexity index is 580. The van der Waals surface area contributed by atoms with Gasteiger partial charge in [-0.1, -0.05) is 19.1 Å². The molecular formula is C16H17NO3. The predicted octanol–water partition coefficient (Wildman–Crippen LogP) is 2.98. The lowest BCUT2D eigenvalue weighted by atomic mass is 10.0. The summed E-state index contributed by atoms with van der Waals surface area (Å²) in [6.07, 6.45) is 5.35. The zero-order valence-corrected chi connectivity index (χ0v) is 11.7. The Morgan fingerprint density at radius 3 is 2.80 bits per heavy atom. The molecule has 1 aliphatic carbocycles. The van der Waals surface area contributed by atoms with Crippen LogP contribution in [-0.2, 0) is 4.79 Å². The first-order valence-corrected chi connectivity index (χ1v) is 6.49. The van der Waals surface area contributed by atoms with Crippen LogP contribution in [0.4, 0.5) is 0 Å². The molecule has 1 aromatic carbocycles. The van der Waals surface area contributed by atoms with E-state index in [4.69, 9.17) is 14.7 Å². The van der Waals surface area contributed by atoms with E-state index in [0.717, 1.165) is 18.4 Å². The molecule has 0 atom stereocenters. The van der Waals surface area contributed by atoms with Crippen LogP contribution in [0.1, 0.15) is 25.3 Å². The molecule has 0 radical (unpaired) electrons. The summed E-state index contributed by atoms with van der Waals surface area (Å²) in [5, 5.41) is 8.51. The molecule has 0 spiro atoms. The van der Waals surface area contributed by atoms with Crippen molar-refractivity contribution in [1.82, 2.24) is 0 Å². The zero-order valence-electron chi connectivity index (χ0n) is 11.7. The van der Waals surface area contributed by atoms with Gasteiger partial charge in [-0.05, 0) is 36.6 Å². The maximum atomic E-state index is 11.9. The van der Waals surface area contributed by atoms with Crippen molar-refractivity contribution in [2.45, 2.75) is 19.8 Å². The standard InChI is InChI=1S/C16H17NO3/c1-16(7-8-16)15(18)6-4-12-3-5-13(20-10-9-17)14(11-12)19-2/h3-6,11H,7-8,10H2,1-2H3/b6-4+. The minimum atomic E-state index is -0.142. The fourth-order valence-corrected chi connectivity index (χ4v) is 1.82. The highest BCUT2D eigenvalue weighted by molar-refractivity contribution is 5.99. The number of ether oxygens (including phenoxy) is 2. The largest absolute Gasteiger partial charge is 0.493 e. The van der Waals surface area contributed by atoms with Crippen molar-refractivity contribution >= 4 is 11.9 Å². The van der Waals surface area contributed by atoms with E-state index in [0.29, 0.717) is 11.5 Å². The number of benzene rings is 1. The maximum absolute atomic E-state index is 11.9. The maximum Gasteiger partial charge on any atom is 0.174 e. The summed E-state index contributed by atoms with van der Waals surface area (Å²) < 4.78 is 10.5. The average Bonchev–Trinajstić information content (AvgIpc) is 3.22. The number of carbonyl (C=O) groups excluding carboxylic acids is 1. The predicted molar refractivity (Wildman–Crippen MR) is 75.5 cm³/mol. The van der Waals surface area contributed by atoms with Gasteiger partial charge in [-0.2, -0.15) is 5.26 Å². The Kier molecular flexibility index (Phi) is 4.09. The van der Waals surface area contributed by atoms with Crippen LogP contribution in [0.2, 0.25) is 0 Å². The second-order valence-corrected chi connectivity index (χ2v) is 5.12. The van der Waals surface area contributed by atoms with E-state index in [9.17, 15) is 4.79 Å². The molecule has 4 nitrogen and oxygen atoms in total. The third-order valence-electron chi connectivity index (χ3n) is 3.50. The van der Waals surface area contributed by atoms with Gasteiger partial charge >= 0.3 is 0 Å². The number of nitriles is 1. The molecule has 1 saturated carbocycles. The van der Waals surface area contributed by atoms with Gasteiger partial charge in [0.1, 0.15) is 6.07 Å². The van der Waals surface area contributed by atoms with Crippen LogP contribution in [0.15, 0.2) is 24.3 Å². The van der Waals surface area contributed by atoms with E-state index in [1.807, 2.05) is 19.1 Å². The highest BCUT2D eigenvalue weighted by atomic mass is 16.5.